The number of ether oxygens (including phenoxy) is 1. The number of aldehydes is 1. The van der Waals surface area contributed by atoms with Crippen molar-refractivity contribution in [1.29, 1.82) is 0 Å². The van der Waals surface area contributed by atoms with Gasteiger partial charge in [-0.05, 0) is 52.0 Å². The van der Waals surface area contributed by atoms with E-state index in [4.69, 9.17) is 4.74 Å². The summed E-state index contributed by atoms with van der Waals surface area (Å²) < 4.78 is 5.45. The number of rotatable bonds is 9. The molecule has 0 saturated heterocycles. The molecule has 2 nitrogen and oxygen atoms in total. The molecule has 2 unspecified atom stereocenters. The van der Waals surface area contributed by atoms with E-state index in [1.807, 2.05) is 13.8 Å². The molecule has 0 saturated carbocycles. The van der Waals surface area contributed by atoms with Crippen LogP contribution in [0.3, 0.4) is 0 Å². The maximum absolute atomic E-state index is 10.5. The lowest BCUT2D eigenvalue weighted by molar-refractivity contribution is -0.110. The van der Waals surface area contributed by atoms with E-state index in [1.54, 1.807) is 7.11 Å². The van der Waals surface area contributed by atoms with E-state index in [2.05, 4.69) is 26.0 Å². The minimum atomic E-state index is 0.190. The molecule has 0 aliphatic carbocycles. The van der Waals surface area contributed by atoms with Crippen LogP contribution in [0.15, 0.2) is 23.3 Å². The summed E-state index contributed by atoms with van der Waals surface area (Å²) in [6.45, 7) is 8.27. The maximum atomic E-state index is 10.5. The Kier molecular flexibility index (Phi) is 9.57. The molecule has 0 bridgehead atoms. The Balaban J connectivity index is 4.06. The van der Waals surface area contributed by atoms with Gasteiger partial charge >= 0.3 is 0 Å². The van der Waals surface area contributed by atoms with Crippen molar-refractivity contribution in [2.24, 2.45) is 5.92 Å². The van der Waals surface area contributed by atoms with Crippen LogP contribution in [0.4, 0.5) is 0 Å². The van der Waals surface area contributed by atoms with Gasteiger partial charge in [0, 0.05) is 13.0 Å². The molecule has 2 atom stereocenters. The first-order valence-corrected chi connectivity index (χ1v) is 6.81. The molecule has 0 amide bonds. The standard InChI is InChI=1S/C16H28O2/c1-6-15(4)16(18-5)11-10-13(2)8-7-9-14(3)12-17/h6,10,12,14,16H,7-9,11H2,1-5H3/b13-10?,15-6+. The van der Waals surface area contributed by atoms with Gasteiger partial charge in [0.15, 0.2) is 0 Å². The molecule has 0 radical (unpaired) electrons. The molecule has 0 aromatic rings. The minimum absolute atomic E-state index is 0.190. The summed E-state index contributed by atoms with van der Waals surface area (Å²) in [6, 6.07) is 0. The zero-order valence-electron chi connectivity index (χ0n) is 12.5. The van der Waals surface area contributed by atoms with Gasteiger partial charge in [-0.1, -0.05) is 24.6 Å². The average molecular weight is 252 g/mol. The highest BCUT2D eigenvalue weighted by Crippen LogP contribution is 2.15. The molecular weight excluding hydrogens is 224 g/mol. The molecule has 0 fully saturated rings. The Labute approximate surface area is 112 Å². The van der Waals surface area contributed by atoms with Crippen LogP contribution in [-0.4, -0.2) is 19.5 Å². The summed E-state index contributed by atoms with van der Waals surface area (Å²) in [4.78, 5) is 10.5. The second-order valence-corrected chi connectivity index (χ2v) is 5.05. The van der Waals surface area contributed by atoms with Crippen molar-refractivity contribution in [2.45, 2.75) is 59.5 Å². The van der Waals surface area contributed by atoms with E-state index in [1.165, 1.54) is 11.1 Å². The molecule has 0 aliphatic heterocycles. The highest BCUT2D eigenvalue weighted by atomic mass is 16.5. The number of hydrogen-bond acceptors (Lipinski definition) is 2. The van der Waals surface area contributed by atoms with Crippen molar-refractivity contribution in [1.82, 2.24) is 0 Å². The van der Waals surface area contributed by atoms with Gasteiger partial charge in [0.25, 0.3) is 0 Å². The number of carbonyl (C=O) groups is 1. The minimum Gasteiger partial charge on any atom is -0.377 e. The van der Waals surface area contributed by atoms with Crippen LogP contribution < -0.4 is 0 Å². The average Bonchev–Trinajstić information content (AvgIpc) is 2.38. The highest BCUT2D eigenvalue weighted by molar-refractivity contribution is 5.52. The summed E-state index contributed by atoms with van der Waals surface area (Å²) >= 11 is 0. The lowest BCUT2D eigenvalue weighted by atomic mass is 10.0. The Bertz CT molecular complexity index is 289. The fourth-order valence-corrected chi connectivity index (χ4v) is 1.84. The predicted octanol–water partition coefficient (Wildman–Crippen LogP) is 4.31. The molecule has 0 aromatic heterocycles. The third-order valence-corrected chi connectivity index (χ3v) is 3.39. The summed E-state index contributed by atoms with van der Waals surface area (Å²) in [5.74, 6) is 0.190. The third-order valence-electron chi connectivity index (χ3n) is 3.39. The highest BCUT2D eigenvalue weighted by Gasteiger charge is 2.07. The molecule has 0 rings (SSSR count). The summed E-state index contributed by atoms with van der Waals surface area (Å²) in [6.07, 6.45) is 9.66. The smallest absolute Gasteiger partial charge is 0.122 e. The number of carbonyl (C=O) groups excluding carboxylic acids is 1. The van der Waals surface area contributed by atoms with E-state index in [9.17, 15) is 4.79 Å². The zero-order valence-corrected chi connectivity index (χ0v) is 12.5. The summed E-state index contributed by atoms with van der Waals surface area (Å²) in [5, 5.41) is 0. The van der Waals surface area contributed by atoms with E-state index in [0.717, 1.165) is 32.0 Å². The SMILES string of the molecule is C/C=C(\C)C(CC=C(C)CCCC(C)C=O)OC. The Morgan fingerprint density at radius 2 is 2.00 bits per heavy atom. The van der Waals surface area contributed by atoms with E-state index >= 15 is 0 Å². The lowest BCUT2D eigenvalue weighted by Gasteiger charge is -2.14. The molecule has 0 aliphatic rings. The summed E-state index contributed by atoms with van der Waals surface area (Å²) in [5.41, 5.74) is 2.66. The number of hydrogen-bond donors (Lipinski definition) is 0. The van der Waals surface area contributed by atoms with Crippen molar-refractivity contribution in [3.05, 3.63) is 23.3 Å². The van der Waals surface area contributed by atoms with Crippen LogP contribution in [-0.2, 0) is 9.53 Å². The lowest BCUT2D eigenvalue weighted by Crippen LogP contribution is -2.10. The monoisotopic (exact) mass is 252 g/mol. The van der Waals surface area contributed by atoms with Crippen LogP contribution in [0.2, 0.25) is 0 Å². The Morgan fingerprint density at radius 3 is 2.50 bits per heavy atom. The molecule has 0 aromatic carbocycles. The molecular formula is C16H28O2. The molecule has 2 heteroatoms. The third kappa shape index (κ3) is 7.44. The fourth-order valence-electron chi connectivity index (χ4n) is 1.84. The van der Waals surface area contributed by atoms with Gasteiger partial charge in [0.1, 0.15) is 6.29 Å². The number of allylic oxidation sites excluding steroid dienone is 2. The quantitative estimate of drug-likeness (QED) is 0.451. The molecule has 0 N–H and O–H groups in total. The van der Waals surface area contributed by atoms with Gasteiger partial charge < -0.3 is 9.53 Å². The first-order valence-electron chi connectivity index (χ1n) is 6.81. The molecule has 0 spiro atoms. The molecule has 104 valence electrons. The van der Waals surface area contributed by atoms with Gasteiger partial charge in [0.05, 0.1) is 6.10 Å². The normalized spacial score (nSPS) is 16.5. The van der Waals surface area contributed by atoms with Crippen molar-refractivity contribution < 1.29 is 9.53 Å². The van der Waals surface area contributed by atoms with E-state index in [-0.39, 0.29) is 12.0 Å². The van der Waals surface area contributed by atoms with Crippen LogP contribution >= 0.6 is 0 Å². The van der Waals surface area contributed by atoms with Crippen LogP contribution in [0.5, 0.6) is 0 Å². The van der Waals surface area contributed by atoms with Crippen molar-refractivity contribution >= 4 is 6.29 Å². The second-order valence-electron chi connectivity index (χ2n) is 5.05. The predicted molar refractivity (Wildman–Crippen MR) is 77.7 cm³/mol. The van der Waals surface area contributed by atoms with Crippen LogP contribution in [0.25, 0.3) is 0 Å². The van der Waals surface area contributed by atoms with Gasteiger partial charge in [-0.15, -0.1) is 0 Å². The topological polar surface area (TPSA) is 26.3 Å². The second kappa shape index (κ2) is 10.1. The number of methoxy groups -OCH3 is 1. The largest absolute Gasteiger partial charge is 0.377 e. The van der Waals surface area contributed by atoms with Crippen molar-refractivity contribution in [3.63, 3.8) is 0 Å². The van der Waals surface area contributed by atoms with Crippen LogP contribution in [0, 0.1) is 5.92 Å². The zero-order chi connectivity index (χ0) is 14.0. The van der Waals surface area contributed by atoms with E-state index < -0.39 is 0 Å². The fraction of sp³-hybridized carbons (Fsp3) is 0.688. The van der Waals surface area contributed by atoms with Gasteiger partial charge in [-0.2, -0.15) is 0 Å². The van der Waals surface area contributed by atoms with Gasteiger partial charge in [0.2, 0.25) is 0 Å². The Morgan fingerprint density at radius 1 is 1.33 bits per heavy atom. The van der Waals surface area contributed by atoms with Crippen molar-refractivity contribution in [3.8, 4) is 0 Å². The summed E-state index contributed by atoms with van der Waals surface area (Å²) in [7, 11) is 1.76. The Hall–Kier alpha value is -0.890. The van der Waals surface area contributed by atoms with Gasteiger partial charge in [-0.3, -0.25) is 0 Å². The van der Waals surface area contributed by atoms with Crippen LogP contribution in [0.1, 0.15) is 53.4 Å². The maximum Gasteiger partial charge on any atom is 0.122 e. The molecule has 18 heavy (non-hydrogen) atoms. The van der Waals surface area contributed by atoms with E-state index in [0.29, 0.717) is 0 Å². The first-order chi connectivity index (χ1) is 8.54. The first kappa shape index (κ1) is 17.1. The molecule has 0 heterocycles. The van der Waals surface area contributed by atoms with Crippen molar-refractivity contribution in [2.75, 3.05) is 7.11 Å². The van der Waals surface area contributed by atoms with Gasteiger partial charge in [-0.25, -0.2) is 0 Å².